The molecule has 4 N–H and O–H groups in total. The van der Waals surface area contributed by atoms with Gasteiger partial charge >= 0.3 is 0 Å². The predicted octanol–water partition coefficient (Wildman–Crippen LogP) is 4.66. The lowest BCUT2D eigenvalue weighted by Gasteiger charge is -2.09. The van der Waals surface area contributed by atoms with Crippen LogP contribution in [0.4, 0.5) is 11.8 Å². The Morgan fingerprint density at radius 2 is 1.75 bits per heavy atom. The predicted molar refractivity (Wildman–Crippen MR) is 113 cm³/mol. The lowest BCUT2D eigenvalue weighted by Crippen LogP contribution is -2.07. The second-order valence-electron chi connectivity index (χ2n) is 6.73. The lowest BCUT2D eigenvalue weighted by molar-refractivity contribution is 1.04. The molecule has 3 aromatic heterocycles. The summed E-state index contributed by atoms with van der Waals surface area (Å²) in [6.45, 7) is 1.38. The van der Waals surface area contributed by atoms with Crippen LogP contribution in [-0.4, -0.2) is 19.9 Å². The molecule has 6 heteroatoms. The molecule has 28 heavy (non-hydrogen) atoms. The summed E-state index contributed by atoms with van der Waals surface area (Å²) >= 11 is 0. The summed E-state index contributed by atoms with van der Waals surface area (Å²) in [5.74, 6) is 1.41. The maximum Gasteiger partial charge on any atom is 0.224 e. The van der Waals surface area contributed by atoms with Crippen LogP contribution in [0.1, 0.15) is 11.1 Å². The van der Waals surface area contributed by atoms with Crippen LogP contribution in [0.3, 0.4) is 0 Å². The van der Waals surface area contributed by atoms with E-state index in [0.29, 0.717) is 19.0 Å². The molecular weight excluding hydrogens is 348 g/mol. The molecule has 0 aliphatic carbocycles. The molecule has 138 valence electrons. The third kappa shape index (κ3) is 3.27. The van der Waals surface area contributed by atoms with Gasteiger partial charge in [0, 0.05) is 48.1 Å². The molecule has 0 saturated carbocycles. The lowest BCUT2D eigenvalue weighted by atomic mass is 10.1. The van der Waals surface area contributed by atoms with Crippen LogP contribution in [-0.2, 0) is 13.1 Å². The average molecular weight is 368 g/mol. The van der Waals surface area contributed by atoms with Crippen molar-refractivity contribution < 1.29 is 0 Å². The minimum atomic E-state index is 0.610. The second-order valence-corrected chi connectivity index (χ2v) is 6.73. The quantitative estimate of drug-likeness (QED) is 0.351. The molecule has 0 atom stereocenters. The van der Waals surface area contributed by atoms with Gasteiger partial charge in [-0.1, -0.05) is 18.2 Å². The van der Waals surface area contributed by atoms with E-state index in [1.165, 1.54) is 21.9 Å². The average Bonchev–Trinajstić information content (AvgIpc) is 3.40. The van der Waals surface area contributed by atoms with Crippen LogP contribution in [0.25, 0.3) is 21.8 Å². The monoisotopic (exact) mass is 368 g/mol. The number of hydrogen-bond donors (Lipinski definition) is 4. The summed E-state index contributed by atoms with van der Waals surface area (Å²) in [7, 11) is 0. The maximum atomic E-state index is 4.58. The molecule has 3 heterocycles. The third-order valence-corrected chi connectivity index (χ3v) is 4.87. The van der Waals surface area contributed by atoms with Gasteiger partial charge in [0.1, 0.15) is 5.82 Å². The molecule has 0 amide bonds. The van der Waals surface area contributed by atoms with Crippen LogP contribution < -0.4 is 10.6 Å². The molecule has 0 saturated heterocycles. The number of anilines is 2. The van der Waals surface area contributed by atoms with Crippen molar-refractivity contribution in [3.8, 4) is 0 Å². The Balaban J connectivity index is 1.26. The van der Waals surface area contributed by atoms with Crippen molar-refractivity contribution in [3.63, 3.8) is 0 Å². The number of aromatic nitrogens is 4. The number of fused-ring (bicyclic) bond motifs is 2. The van der Waals surface area contributed by atoms with Crippen molar-refractivity contribution >= 4 is 33.6 Å². The van der Waals surface area contributed by atoms with Gasteiger partial charge < -0.3 is 20.6 Å². The first-order chi connectivity index (χ1) is 13.8. The molecule has 0 radical (unpaired) electrons. The van der Waals surface area contributed by atoms with E-state index < -0.39 is 0 Å². The molecular formula is C22H20N6. The Hall–Kier alpha value is -3.80. The number of nitrogens with one attached hydrogen (secondary N) is 4. The molecule has 0 spiro atoms. The van der Waals surface area contributed by atoms with Gasteiger partial charge in [-0.2, -0.15) is 4.98 Å². The molecule has 0 bridgehead atoms. The first-order valence-corrected chi connectivity index (χ1v) is 9.27. The van der Waals surface area contributed by atoms with Gasteiger partial charge in [0.2, 0.25) is 5.95 Å². The highest BCUT2D eigenvalue weighted by Gasteiger charge is 2.04. The number of nitrogens with zero attached hydrogens (tertiary/aromatic N) is 2. The Morgan fingerprint density at radius 1 is 0.821 bits per heavy atom. The smallest absolute Gasteiger partial charge is 0.224 e. The Labute approximate surface area is 162 Å². The topological polar surface area (TPSA) is 81.4 Å². The SMILES string of the molecule is c1cc(CNc2nccc(NCc3ccc4[nH]ccc4c3)n2)c2cc[nH]c2c1. The summed E-state index contributed by atoms with van der Waals surface area (Å²) in [4.78, 5) is 15.4. The second kappa shape index (κ2) is 7.08. The fraction of sp³-hybridized carbons (Fsp3) is 0.0909. The van der Waals surface area contributed by atoms with Gasteiger partial charge in [0.25, 0.3) is 0 Å². The summed E-state index contributed by atoms with van der Waals surface area (Å²) in [5.41, 5.74) is 4.70. The maximum absolute atomic E-state index is 4.58. The van der Waals surface area contributed by atoms with Crippen LogP contribution in [0, 0.1) is 0 Å². The van der Waals surface area contributed by atoms with Crippen molar-refractivity contribution in [2.45, 2.75) is 13.1 Å². The zero-order valence-electron chi connectivity index (χ0n) is 15.2. The van der Waals surface area contributed by atoms with E-state index in [0.717, 1.165) is 16.9 Å². The van der Waals surface area contributed by atoms with Gasteiger partial charge in [-0.15, -0.1) is 0 Å². The van der Waals surface area contributed by atoms with E-state index >= 15 is 0 Å². The number of rotatable bonds is 6. The van der Waals surface area contributed by atoms with Gasteiger partial charge in [-0.05, 0) is 52.9 Å². The molecule has 5 aromatic rings. The van der Waals surface area contributed by atoms with Crippen LogP contribution in [0.5, 0.6) is 0 Å². The summed E-state index contributed by atoms with van der Waals surface area (Å²) in [6.07, 6.45) is 5.68. The summed E-state index contributed by atoms with van der Waals surface area (Å²) in [5, 5.41) is 9.12. The van der Waals surface area contributed by atoms with Crippen molar-refractivity contribution in [1.29, 1.82) is 0 Å². The standard InChI is InChI=1S/C22H20N6/c1-2-17(18-7-10-24-20(18)3-1)14-27-22-25-11-8-21(28-22)26-13-15-4-5-19-16(12-15)6-9-23-19/h1-12,23-24H,13-14H2,(H2,25,26,27,28). The molecule has 2 aromatic carbocycles. The number of H-pyrrole nitrogens is 2. The van der Waals surface area contributed by atoms with Crippen LogP contribution in [0.2, 0.25) is 0 Å². The van der Waals surface area contributed by atoms with E-state index in [1.54, 1.807) is 6.20 Å². The fourth-order valence-corrected chi connectivity index (χ4v) is 3.43. The molecule has 5 rings (SSSR count). The fourth-order valence-electron chi connectivity index (χ4n) is 3.43. The van der Waals surface area contributed by atoms with E-state index in [-0.39, 0.29) is 0 Å². The van der Waals surface area contributed by atoms with Gasteiger partial charge in [0.15, 0.2) is 0 Å². The number of hydrogen-bond acceptors (Lipinski definition) is 4. The van der Waals surface area contributed by atoms with Gasteiger partial charge in [-0.25, -0.2) is 4.98 Å². The van der Waals surface area contributed by atoms with Crippen molar-refractivity contribution in [3.05, 3.63) is 84.3 Å². The van der Waals surface area contributed by atoms with Crippen LogP contribution >= 0.6 is 0 Å². The minimum Gasteiger partial charge on any atom is -0.366 e. The molecule has 0 aliphatic heterocycles. The van der Waals surface area contributed by atoms with Gasteiger partial charge in [-0.3, -0.25) is 0 Å². The molecule has 0 fully saturated rings. The third-order valence-electron chi connectivity index (χ3n) is 4.87. The summed E-state index contributed by atoms with van der Waals surface area (Å²) < 4.78 is 0. The summed E-state index contributed by atoms with van der Waals surface area (Å²) in [6, 6.07) is 18.7. The van der Waals surface area contributed by atoms with E-state index in [9.17, 15) is 0 Å². The zero-order valence-corrected chi connectivity index (χ0v) is 15.2. The van der Waals surface area contributed by atoms with E-state index in [4.69, 9.17) is 0 Å². The van der Waals surface area contributed by atoms with Crippen molar-refractivity contribution in [1.82, 2.24) is 19.9 Å². The van der Waals surface area contributed by atoms with Crippen LogP contribution in [0.15, 0.2) is 73.2 Å². The minimum absolute atomic E-state index is 0.610. The highest BCUT2D eigenvalue weighted by molar-refractivity contribution is 5.83. The van der Waals surface area contributed by atoms with Crippen molar-refractivity contribution in [2.75, 3.05) is 10.6 Å². The first-order valence-electron chi connectivity index (χ1n) is 9.27. The normalized spacial score (nSPS) is 11.1. The Kier molecular flexibility index (Phi) is 4.14. The van der Waals surface area contributed by atoms with E-state index in [1.807, 2.05) is 18.5 Å². The Bertz CT molecular complexity index is 1240. The highest BCUT2D eigenvalue weighted by atomic mass is 15.1. The first kappa shape index (κ1) is 16.4. The van der Waals surface area contributed by atoms with Gasteiger partial charge in [0.05, 0.1) is 0 Å². The number of aromatic amines is 2. The Morgan fingerprint density at radius 3 is 2.75 bits per heavy atom. The molecule has 0 aliphatic rings. The number of benzene rings is 2. The highest BCUT2D eigenvalue weighted by Crippen LogP contribution is 2.19. The largest absolute Gasteiger partial charge is 0.366 e. The van der Waals surface area contributed by atoms with E-state index in [2.05, 4.69) is 79.1 Å². The molecule has 0 unspecified atom stereocenters. The zero-order chi connectivity index (χ0) is 18.8. The van der Waals surface area contributed by atoms with Crippen molar-refractivity contribution in [2.24, 2.45) is 0 Å². The molecule has 6 nitrogen and oxygen atoms in total.